The SMILES string of the molecule is Cc1ncc(C(=O)O)c(-c2ccccc2Cl)c1C(=O)O. The van der Waals surface area contributed by atoms with Crippen molar-refractivity contribution in [3.8, 4) is 11.1 Å². The number of nitrogens with zero attached hydrogens (tertiary/aromatic N) is 1. The molecule has 6 heteroatoms. The number of benzene rings is 1. The van der Waals surface area contributed by atoms with Gasteiger partial charge in [-0.2, -0.15) is 0 Å². The van der Waals surface area contributed by atoms with E-state index in [0.29, 0.717) is 5.56 Å². The Balaban J connectivity index is 2.91. The van der Waals surface area contributed by atoms with Crippen molar-refractivity contribution in [2.45, 2.75) is 6.92 Å². The molecule has 0 saturated carbocycles. The highest BCUT2D eigenvalue weighted by molar-refractivity contribution is 6.33. The van der Waals surface area contributed by atoms with E-state index >= 15 is 0 Å². The van der Waals surface area contributed by atoms with Gasteiger partial charge in [0.2, 0.25) is 0 Å². The smallest absolute Gasteiger partial charge is 0.338 e. The molecule has 2 rings (SSSR count). The van der Waals surface area contributed by atoms with Crippen LogP contribution in [0.1, 0.15) is 26.4 Å². The summed E-state index contributed by atoms with van der Waals surface area (Å²) in [6.07, 6.45) is 1.14. The molecule has 0 atom stereocenters. The molecular weight excluding hydrogens is 282 g/mol. The lowest BCUT2D eigenvalue weighted by Crippen LogP contribution is -2.11. The van der Waals surface area contributed by atoms with E-state index in [-0.39, 0.29) is 27.4 Å². The Kier molecular flexibility index (Phi) is 3.72. The molecule has 1 aromatic heterocycles. The molecule has 0 fully saturated rings. The number of aromatic carboxylic acids is 2. The first-order chi connectivity index (χ1) is 9.43. The van der Waals surface area contributed by atoms with Crippen LogP contribution in [0.3, 0.4) is 0 Å². The normalized spacial score (nSPS) is 10.3. The van der Waals surface area contributed by atoms with E-state index in [1.54, 1.807) is 24.3 Å². The lowest BCUT2D eigenvalue weighted by Gasteiger charge is -2.13. The molecule has 0 amide bonds. The first-order valence-corrected chi connectivity index (χ1v) is 6.02. The summed E-state index contributed by atoms with van der Waals surface area (Å²) in [5.41, 5.74) is 0.314. The Morgan fingerprint density at radius 3 is 2.35 bits per heavy atom. The van der Waals surface area contributed by atoms with Crippen LogP contribution in [0.2, 0.25) is 5.02 Å². The zero-order valence-electron chi connectivity index (χ0n) is 10.4. The van der Waals surface area contributed by atoms with Crippen LogP contribution in [0.5, 0.6) is 0 Å². The fourth-order valence-corrected chi connectivity index (χ4v) is 2.20. The molecule has 0 radical (unpaired) electrons. The summed E-state index contributed by atoms with van der Waals surface area (Å²) in [5.74, 6) is -2.50. The van der Waals surface area contributed by atoms with Crippen molar-refractivity contribution >= 4 is 23.5 Å². The third kappa shape index (κ3) is 2.35. The van der Waals surface area contributed by atoms with Gasteiger partial charge in [0.15, 0.2) is 0 Å². The fourth-order valence-electron chi connectivity index (χ4n) is 1.97. The molecule has 1 aromatic carbocycles. The first kappa shape index (κ1) is 14.0. The van der Waals surface area contributed by atoms with Crippen LogP contribution < -0.4 is 0 Å². The number of pyridine rings is 1. The van der Waals surface area contributed by atoms with Crippen LogP contribution >= 0.6 is 11.6 Å². The number of carboxylic acids is 2. The number of carbonyl (C=O) groups is 2. The maximum atomic E-state index is 11.4. The van der Waals surface area contributed by atoms with Gasteiger partial charge >= 0.3 is 11.9 Å². The van der Waals surface area contributed by atoms with Crippen molar-refractivity contribution in [3.05, 3.63) is 52.3 Å². The van der Waals surface area contributed by atoms with Crippen LogP contribution in [-0.4, -0.2) is 27.1 Å². The van der Waals surface area contributed by atoms with Crippen LogP contribution in [0.4, 0.5) is 0 Å². The quantitative estimate of drug-likeness (QED) is 0.907. The molecule has 20 heavy (non-hydrogen) atoms. The van der Waals surface area contributed by atoms with Gasteiger partial charge in [0.25, 0.3) is 0 Å². The van der Waals surface area contributed by atoms with Crippen LogP contribution in [0, 0.1) is 6.92 Å². The lowest BCUT2D eigenvalue weighted by atomic mass is 9.94. The highest BCUT2D eigenvalue weighted by Crippen LogP contribution is 2.34. The van der Waals surface area contributed by atoms with E-state index < -0.39 is 11.9 Å². The molecule has 0 aliphatic rings. The molecule has 0 bridgehead atoms. The number of aryl methyl sites for hydroxylation is 1. The maximum Gasteiger partial charge on any atom is 0.338 e. The van der Waals surface area contributed by atoms with Crippen LogP contribution in [-0.2, 0) is 0 Å². The molecule has 1 heterocycles. The summed E-state index contributed by atoms with van der Waals surface area (Å²) in [6, 6.07) is 6.49. The number of rotatable bonds is 3. The number of aromatic nitrogens is 1. The summed E-state index contributed by atoms with van der Waals surface area (Å²) in [4.78, 5) is 26.6. The van der Waals surface area contributed by atoms with Crippen molar-refractivity contribution in [3.63, 3.8) is 0 Å². The van der Waals surface area contributed by atoms with Gasteiger partial charge in [0, 0.05) is 22.3 Å². The van der Waals surface area contributed by atoms with E-state index in [2.05, 4.69) is 4.98 Å². The third-order valence-corrected chi connectivity index (χ3v) is 3.19. The van der Waals surface area contributed by atoms with E-state index in [0.717, 1.165) is 6.20 Å². The molecule has 0 saturated heterocycles. The van der Waals surface area contributed by atoms with Gasteiger partial charge in [-0.05, 0) is 13.0 Å². The second kappa shape index (κ2) is 5.30. The van der Waals surface area contributed by atoms with Gasteiger partial charge in [0.05, 0.1) is 16.8 Å². The highest BCUT2D eigenvalue weighted by Gasteiger charge is 2.24. The predicted molar refractivity (Wildman–Crippen MR) is 73.3 cm³/mol. The average Bonchev–Trinajstić information content (AvgIpc) is 2.38. The molecule has 0 unspecified atom stereocenters. The van der Waals surface area contributed by atoms with Gasteiger partial charge in [-0.1, -0.05) is 29.8 Å². The maximum absolute atomic E-state index is 11.4. The Labute approximate surface area is 119 Å². The summed E-state index contributed by atoms with van der Waals surface area (Å²) < 4.78 is 0. The van der Waals surface area contributed by atoms with Gasteiger partial charge in [-0.25, -0.2) is 9.59 Å². The van der Waals surface area contributed by atoms with Crippen molar-refractivity contribution in [1.82, 2.24) is 4.98 Å². The van der Waals surface area contributed by atoms with Crippen molar-refractivity contribution < 1.29 is 19.8 Å². The van der Waals surface area contributed by atoms with E-state index in [1.165, 1.54) is 6.92 Å². The number of hydrogen-bond donors (Lipinski definition) is 2. The van der Waals surface area contributed by atoms with Gasteiger partial charge < -0.3 is 10.2 Å². The largest absolute Gasteiger partial charge is 0.478 e. The molecule has 0 spiro atoms. The first-order valence-electron chi connectivity index (χ1n) is 5.64. The Morgan fingerprint density at radius 2 is 1.80 bits per heavy atom. The minimum Gasteiger partial charge on any atom is -0.478 e. The van der Waals surface area contributed by atoms with Crippen LogP contribution in [0.15, 0.2) is 30.5 Å². The molecule has 102 valence electrons. The van der Waals surface area contributed by atoms with Crippen LogP contribution in [0.25, 0.3) is 11.1 Å². The minimum absolute atomic E-state index is 0.0723. The fraction of sp³-hybridized carbons (Fsp3) is 0.0714. The second-order valence-corrected chi connectivity index (χ2v) is 4.50. The molecular formula is C14H10ClNO4. The standard InChI is InChI=1S/C14H10ClNO4/c1-7-11(14(19)20)12(9(6-16-7)13(17)18)8-4-2-3-5-10(8)15/h2-6H,1H3,(H,17,18)(H,19,20). The molecule has 0 aliphatic heterocycles. The summed E-state index contributed by atoms with van der Waals surface area (Å²) >= 11 is 6.06. The van der Waals surface area contributed by atoms with Gasteiger partial charge in [-0.15, -0.1) is 0 Å². The number of carboxylic acid groups (broad SMARTS) is 2. The van der Waals surface area contributed by atoms with Crippen molar-refractivity contribution in [2.75, 3.05) is 0 Å². The van der Waals surface area contributed by atoms with Crippen molar-refractivity contribution in [1.29, 1.82) is 0 Å². The third-order valence-electron chi connectivity index (χ3n) is 2.86. The average molecular weight is 292 g/mol. The predicted octanol–water partition coefficient (Wildman–Crippen LogP) is 3.11. The summed E-state index contributed by atoms with van der Waals surface area (Å²) in [6.45, 7) is 1.51. The second-order valence-electron chi connectivity index (χ2n) is 4.10. The Bertz CT molecular complexity index is 712. The molecule has 5 nitrogen and oxygen atoms in total. The molecule has 2 aromatic rings. The zero-order valence-corrected chi connectivity index (χ0v) is 11.2. The monoisotopic (exact) mass is 291 g/mol. The lowest BCUT2D eigenvalue weighted by molar-refractivity contribution is 0.0695. The zero-order chi connectivity index (χ0) is 14.9. The molecule has 2 N–H and O–H groups in total. The van der Waals surface area contributed by atoms with E-state index in [9.17, 15) is 19.8 Å². The van der Waals surface area contributed by atoms with E-state index in [1.807, 2.05) is 0 Å². The summed E-state index contributed by atoms with van der Waals surface area (Å²) in [5, 5.41) is 18.8. The topological polar surface area (TPSA) is 87.5 Å². The molecule has 0 aliphatic carbocycles. The van der Waals surface area contributed by atoms with E-state index in [4.69, 9.17) is 11.6 Å². The number of halogens is 1. The highest BCUT2D eigenvalue weighted by atomic mass is 35.5. The van der Waals surface area contributed by atoms with Gasteiger partial charge in [0.1, 0.15) is 0 Å². The Morgan fingerprint density at radius 1 is 1.15 bits per heavy atom. The van der Waals surface area contributed by atoms with Crippen molar-refractivity contribution in [2.24, 2.45) is 0 Å². The Hall–Kier alpha value is -2.40. The minimum atomic E-state index is -1.25. The number of hydrogen-bond acceptors (Lipinski definition) is 3. The van der Waals surface area contributed by atoms with Gasteiger partial charge in [-0.3, -0.25) is 4.98 Å². The summed E-state index contributed by atoms with van der Waals surface area (Å²) in [7, 11) is 0.